The molecular formula is C9H7F3O. The van der Waals surface area contributed by atoms with Crippen molar-refractivity contribution in [3.05, 3.63) is 29.8 Å². The highest BCUT2D eigenvalue weighted by molar-refractivity contribution is 5.36. The van der Waals surface area contributed by atoms with Crippen LogP contribution in [-0.2, 0) is 6.42 Å². The van der Waals surface area contributed by atoms with E-state index in [0.29, 0.717) is 5.56 Å². The van der Waals surface area contributed by atoms with Gasteiger partial charge in [0.2, 0.25) is 6.17 Å². The minimum atomic E-state index is -3.69. The van der Waals surface area contributed by atoms with E-state index < -0.39 is 12.3 Å². The van der Waals surface area contributed by atoms with Crippen LogP contribution in [0.5, 0.6) is 5.75 Å². The van der Waals surface area contributed by atoms with E-state index in [0.717, 1.165) is 0 Å². The Balaban J connectivity index is 2.39. The minimum Gasteiger partial charge on any atom is -0.430 e. The van der Waals surface area contributed by atoms with E-state index in [2.05, 4.69) is 4.74 Å². The first-order valence-corrected chi connectivity index (χ1v) is 3.88. The molecule has 1 nitrogen and oxygen atoms in total. The van der Waals surface area contributed by atoms with Gasteiger partial charge in [-0.25, -0.2) is 4.39 Å². The summed E-state index contributed by atoms with van der Waals surface area (Å²) < 4.78 is 42.3. The average Bonchev–Trinajstić information content (AvgIpc) is 2.06. The molecule has 1 heterocycles. The number of rotatable bonds is 0. The van der Waals surface area contributed by atoms with Crippen LogP contribution in [0.2, 0.25) is 0 Å². The van der Waals surface area contributed by atoms with Crippen LogP contribution in [0.1, 0.15) is 5.56 Å². The SMILES string of the molecule is FC1Cc2ccccc2OC1(F)F. The van der Waals surface area contributed by atoms with Crippen LogP contribution < -0.4 is 4.74 Å². The number of hydrogen-bond acceptors (Lipinski definition) is 1. The lowest BCUT2D eigenvalue weighted by molar-refractivity contribution is -0.226. The Morgan fingerprint density at radius 1 is 1.31 bits per heavy atom. The molecule has 1 aliphatic heterocycles. The fraction of sp³-hybridized carbons (Fsp3) is 0.333. The van der Waals surface area contributed by atoms with Gasteiger partial charge in [0, 0.05) is 6.42 Å². The predicted octanol–water partition coefficient (Wildman–Crippen LogP) is 2.55. The van der Waals surface area contributed by atoms with E-state index in [1.165, 1.54) is 6.07 Å². The van der Waals surface area contributed by atoms with E-state index in [-0.39, 0.29) is 12.2 Å². The summed E-state index contributed by atoms with van der Waals surface area (Å²) in [6.45, 7) is 0. The molecular weight excluding hydrogens is 181 g/mol. The van der Waals surface area contributed by atoms with Crippen LogP contribution >= 0.6 is 0 Å². The maximum Gasteiger partial charge on any atom is 0.430 e. The summed E-state index contributed by atoms with van der Waals surface area (Å²) in [5, 5.41) is 0. The Hall–Kier alpha value is -1.19. The van der Waals surface area contributed by atoms with Crippen LogP contribution in [-0.4, -0.2) is 12.3 Å². The monoisotopic (exact) mass is 188 g/mol. The molecule has 0 saturated heterocycles. The van der Waals surface area contributed by atoms with Gasteiger partial charge in [0.15, 0.2) is 0 Å². The topological polar surface area (TPSA) is 9.23 Å². The molecule has 0 radical (unpaired) electrons. The largest absolute Gasteiger partial charge is 0.430 e. The molecule has 0 amide bonds. The first-order chi connectivity index (χ1) is 6.09. The number of ether oxygens (including phenoxy) is 1. The maximum atomic E-state index is 12.8. The molecule has 1 unspecified atom stereocenters. The molecule has 0 N–H and O–H groups in total. The van der Waals surface area contributed by atoms with E-state index in [4.69, 9.17) is 0 Å². The standard InChI is InChI=1S/C9H7F3O/c10-8-5-6-3-1-2-4-7(6)13-9(8,11)12/h1-4,8H,5H2. The molecule has 4 heteroatoms. The Bertz CT molecular complexity index is 324. The van der Waals surface area contributed by atoms with Gasteiger partial charge in [-0.3, -0.25) is 0 Å². The summed E-state index contributed by atoms with van der Waals surface area (Å²) in [6.07, 6.45) is -6.22. The van der Waals surface area contributed by atoms with Crippen molar-refractivity contribution in [3.63, 3.8) is 0 Å². The lowest BCUT2D eigenvalue weighted by atomic mass is 10.0. The summed E-state index contributed by atoms with van der Waals surface area (Å²) in [7, 11) is 0. The molecule has 70 valence electrons. The van der Waals surface area contributed by atoms with Gasteiger partial charge in [0.05, 0.1) is 0 Å². The van der Waals surface area contributed by atoms with Crippen molar-refractivity contribution >= 4 is 0 Å². The van der Waals surface area contributed by atoms with Crippen LogP contribution in [0.3, 0.4) is 0 Å². The molecule has 0 saturated carbocycles. The number of halogens is 3. The Kier molecular flexibility index (Phi) is 1.71. The molecule has 13 heavy (non-hydrogen) atoms. The Labute approximate surface area is 73.1 Å². The second-order valence-corrected chi connectivity index (χ2v) is 2.94. The number of alkyl halides is 3. The molecule has 0 aliphatic carbocycles. The van der Waals surface area contributed by atoms with Crippen molar-refractivity contribution in [2.75, 3.05) is 0 Å². The summed E-state index contributed by atoms with van der Waals surface area (Å²) in [4.78, 5) is 0. The Morgan fingerprint density at radius 3 is 2.77 bits per heavy atom. The van der Waals surface area contributed by atoms with Gasteiger partial charge in [0.1, 0.15) is 5.75 Å². The first-order valence-electron chi connectivity index (χ1n) is 3.88. The fourth-order valence-electron chi connectivity index (χ4n) is 1.29. The van der Waals surface area contributed by atoms with Crippen molar-refractivity contribution in [3.8, 4) is 5.75 Å². The van der Waals surface area contributed by atoms with Gasteiger partial charge in [-0.1, -0.05) is 18.2 Å². The van der Waals surface area contributed by atoms with Gasteiger partial charge >= 0.3 is 6.11 Å². The highest BCUT2D eigenvalue weighted by Gasteiger charge is 2.46. The third-order valence-electron chi connectivity index (χ3n) is 1.98. The molecule has 2 rings (SSSR count). The fourth-order valence-corrected chi connectivity index (χ4v) is 1.29. The molecule has 1 aliphatic rings. The van der Waals surface area contributed by atoms with Gasteiger partial charge in [-0.2, -0.15) is 8.78 Å². The van der Waals surface area contributed by atoms with Crippen molar-refractivity contribution in [1.82, 2.24) is 0 Å². The minimum absolute atomic E-state index is 0.0707. The quantitative estimate of drug-likeness (QED) is 0.608. The summed E-state index contributed by atoms with van der Waals surface area (Å²) >= 11 is 0. The van der Waals surface area contributed by atoms with Crippen LogP contribution in [0.4, 0.5) is 13.2 Å². The zero-order valence-electron chi connectivity index (χ0n) is 6.64. The highest BCUT2D eigenvalue weighted by atomic mass is 19.3. The predicted molar refractivity (Wildman–Crippen MR) is 40.6 cm³/mol. The highest BCUT2D eigenvalue weighted by Crippen LogP contribution is 2.36. The van der Waals surface area contributed by atoms with Crippen molar-refractivity contribution in [2.24, 2.45) is 0 Å². The number of benzene rings is 1. The number of fused-ring (bicyclic) bond motifs is 1. The molecule has 0 spiro atoms. The van der Waals surface area contributed by atoms with Crippen molar-refractivity contribution in [1.29, 1.82) is 0 Å². The van der Waals surface area contributed by atoms with Crippen molar-refractivity contribution in [2.45, 2.75) is 18.7 Å². The lowest BCUT2D eigenvalue weighted by Crippen LogP contribution is -2.41. The Morgan fingerprint density at radius 2 is 2.00 bits per heavy atom. The van der Waals surface area contributed by atoms with Crippen LogP contribution in [0.15, 0.2) is 24.3 Å². The van der Waals surface area contributed by atoms with Gasteiger partial charge in [-0.15, -0.1) is 0 Å². The summed E-state index contributed by atoms with van der Waals surface area (Å²) in [5.41, 5.74) is 0.487. The normalized spacial score (nSPS) is 24.7. The van der Waals surface area contributed by atoms with E-state index in [1.807, 2.05) is 0 Å². The summed E-state index contributed by atoms with van der Waals surface area (Å²) in [5.74, 6) is 0.0707. The molecule has 1 aromatic carbocycles. The maximum absolute atomic E-state index is 12.8. The first kappa shape index (κ1) is 8.41. The van der Waals surface area contributed by atoms with Crippen molar-refractivity contribution < 1.29 is 17.9 Å². The van der Waals surface area contributed by atoms with E-state index >= 15 is 0 Å². The second-order valence-electron chi connectivity index (χ2n) is 2.94. The lowest BCUT2D eigenvalue weighted by Gasteiger charge is -2.27. The molecule has 0 aromatic heterocycles. The van der Waals surface area contributed by atoms with E-state index in [1.54, 1.807) is 18.2 Å². The third kappa shape index (κ3) is 1.36. The van der Waals surface area contributed by atoms with Gasteiger partial charge < -0.3 is 4.74 Å². The summed E-state index contributed by atoms with van der Waals surface area (Å²) in [6, 6.07) is 6.23. The van der Waals surface area contributed by atoms with E-state index in [9.17, 15) is 13.2 Å². The third-order valence-corrected chi connectivity index (χ3v) is 1.98. The van der Waals surface area contributed by atoms with Crippen LogP contribution in [0.25, 0.3) is 0 Å². The smallest absolute Gasteiger partial charge is 0.430 e. The average molecular weight is 188 g/mol. The zero-order chi connectivity index (χ0) is 9.47. The van der Waals surface area contributed by atoms with Crippen LogP contribution in [0, 0.1) is 0 Å². The van der Waals surface area contributed by atoms with Gasteiger partial charge in [-0.05, 0) is 11.6 Å². The zero-order valence-corrected chi connectivity index (χ0v) is 6.64. The molecule has 1 aromatic rings. The number of para-hydroxylation sites is 1. The molecule has 1 atom stereocenters. The van der Waals surface area contributed by atoms with Gasteiger partial charge in [0.25, 0.3) is 0 Å². The molecule has 0 bridgehead atoms. The molecule has 0 fully saturated rings. The second kappa shape index (κ2) is 2.65. The number of hydrogen-bond donors (Lipinski definition) is 0.